The van der Waals surface area contributed by atoms with E-state index in [1.165, 1.54) is 12.4 Å². The Bertz CT molecular complexity index is 715. The van der Waals surface area contributed by atoms with Gasteiger partial charge in [0.05, 0.1) is 37.4 Å². The summed E-state index contributed by atoms with van der Waals surface area (Å²) >= 11 is 0. The molecule has 2 aromatic heterocycles. The highest BCUT2D eigenvalue weighted by molar-refractivity contribution is 5.31. The van der Waals surface area contributed by atoms with Crippen LogP contribution in [0.4, 0.5) is 10.3 Å². The predicted octanol–water partition coefficient (Wildman–Crippen LogP) is 2.60. The van der Waals surface area contributed by atoms with Gasteiger partial charge in [-0.25, -0.2) is 14.4 Å². The Morgan fingerprint density at radius 3 is 2.96 bits per heavy atom. The maximum Gasteiger partial charge on any atom is 0.225 e. The smallest absolute Gasteiger partial charge is 0.225 e. The Kier molecular flexibility index (Phi) is 5.08. The average molecular weight is 358 g/mol. The van der Waals surface area contributed by atoms with Crippen LogP contribution in [0.25, 0.3) is 0 Å². The molecule has 2 aromatic rings. The quantitative estimate of drug-likeness (QED) is 0.819. The molecule has 2 aliphatic rings. The SMILES string of the molecule is Fc1cnc(N2CC[C@@H]3OCCC[C@]3(COCc3ccccn3)C2)nc1. The fourth-order valence-electron chi connectivity index (χ4n) is 3.98. The van der Waals surface area contributed by atoms with Crippen LogP contribution >= 0.6 is 0 Å². The van der Waals surface area contributed by atoms with Crippen molar-refractivity contribution in [1.29, 1.82) is 0 Å². The van der Waals surface area contributed by atoms with Crippen LogP contribution in [-0.2, 0) is 16.1 Å². The van der Waals surface area contributed by atoms with Gasteiger partial charge in [-0.2, -0.15) is 0 Å². The van der Waals surface area contributed by atoms with Gasteiger partial charge >= 0.3 is 0 Å². The minimum absolute atomic E-state index is 0.0942. The topological polar surface area (TPSA) is 60.4 Å². The summed E-state index contributed by atoms with van der Waals surface area (Å²) in [5.41, 5.74) is 0.829. The van der Waals surface area contributed by atoms with Crippen molar-refractivity contribution in [2.24, 2.45) is 5.41 Å². The number of rotatable bonds is 5. The number of hydrogen-bond acceptors (Lipinski definition) is 6. The molecule has 6 nitrogen and oxygen atoms in total. The van der Waals surface area contributed by atoms with Crippen molar-refractivity contribution in [3.63, 3.8) is 0 Å². The van der Waals surface area contributed by atoms with Crippen molar-refractivity contribution in [1.82, 2.24) is 15.0 Å². The molecule has 7 heteroatoms. The Hall–Kier alpha value is -2.12. The standard InChI is InChI=1S/C19H23FN4O2/c20-15-10-22-18(23-11-15)24-8-5-17-19(13-24,6-3-9-26-17)14-25-12-16-4-1-2-7-21-16/h1-2,4,7,10-11,17H,3,5-6,8-9,12-14H2/t17-,19+/m0/s1. The molecule has 0 amide bonds. The molecule has 2 aliphatic heterocycles. The van der Waals surface area contributed by atoms with Crippen LogP contribution in [0.15, 0.2) is 36.8 Å². The lowest BCUT2D eigenvalue weighted by Gasteiger charge is -2.50. The van der Waals surface area contributed by atoms with Crippen molar-refractivity contribution in [2.45, 2.75) is 32.0 Å². The third kappa shape index (κ3) is 3.68. The molecule has 0 unspecified atom stereocenters. The van der Waals surface area contributed by atoms with E-state index < -0.39 is 5.82 Å². The largest absolute Gasteiger partial charge is 0.377 e. The minimum atomic E-state index is -0.418. The van der Waals surface area contributed by atoms with E-state index in [2.05, 4.69) is 19.9 Å². The number of anilines is 1. The normalized spacial score (nSPS) is 25.7. The molecule has 2 saturated heterocycles. The maximum atomic E-state index is 13.1. The Balaban J connectivity index is 1.46. The zero-order valence-electron chi connectivity index (χ0n) is 14.7. The predicted molar refractivity (Wildman–Crippen MR) is 94.1 cm³/mol. The number of aromatic nitrogens is 3. The lowest BCUT2D eigenvalue weighted by molar-refractivity contribution is -0.128. The van der Waals surface area contributed by atoms with E-state index in [0.717, 1.165) is 44.7 Å². The molecule has 0 saturated carbocycles. The van der Waals surface area contributed by atoms with Gasteiger partial charge in [-0.1, -0.05) is 6.07 Å². The lowest BCUT2D eigenvalue weighted by atomic mass is 9.73. The molecule has 138 valence electrons. The van der Waals surface area contributed by atoms with Gasteiger partial charge in [-0.15, -0.1) is 0 Å². The monoisotopic (exact) mass is 358 g/mol. The summed E-state index contributed by atoms with van der Waals surface area (Å²) in [4.78, 5) is 14.7. The van der Waals surface area contributed by atoms with Crippen LogP contribution in [0.5, 0.6) is 0 Å². The molecule has 4 rings (SSSR count). The zero-order valence-corrected chi connectivity index (χ0v) is 14.7. The fraction of sp³-hybridized carbons (Fsp3) is 0.526. The maximum absolute atomic E-state index is 13.1. The first-order valence-electron chi connectivity index (χ1n) is 9.07. The first-order chi connectivity index (χ1) is 12.8. The van der Waals surface area contributed by atoms with Crippen LogP contribution in [0.1, 0.15) is 25.0 Å². The van der Waals surface area contributed by atoms with Crippen LogP contribution in [-0.4, -0.2) is 47.4 Å². The van der Waals surface area contributed by atoms with Gasteiger partial charge in [-0.05, 0) is 31.4 Å². The summed E-state index contributed by atoms with van der Waals surface area (Å²) in [5, 5.41) is 0. The number of nitrogens with zero attached hydrogens (tertiary/aromatic N) is 4. The highest BCUT2D eigenvalue weighted by Crippen LogP contribution is 2.41. The molecule has 0 aliphatic carbocycles. The first-order valence-corrected chi connectivity index (χ1v) is 9.07. The number of ether oxygens (including phenoxy) is 2. The summed E-state index contributed by atoms with van der Waals surface area (Å²) < 4.78 is 25.3. The van der Waals surface area contributed by atoms with E-state index >= 15 is 0 Å². The van der Waals surface area contributed by atoms with Crippen molar-refractivity contribution in [2.75, 3.05) is 31.2 Å². The molecule has 4 heterocycles. The van der Waals surface area contributed by atoms with Crippen LogP contribution in [0, 0.1) is 11.2 Å². The van der Waals surface area contributed by atoms with Gasteiger partial charge in [0.1, 0.15) is 0 Å². The number of halogens is 1. The van der Waals surface area contributed by atoms with Gasteiger partial charge in [0, 0.05) is 31.3 Å². The first kappa shape index (κ1) is 17.3. The van der Waals surface area contributed by atoms with Crippen molar-refractivity contribution in [3.05, 3.63) is 48.3 Å². The molecule has 2 fully saturated rings. The van der Waals surface area contributed by atoms with E-state index in [1.807, 2.05) is 18.2 Å². The highest BCUT2D eigenvalue weighted by atomic mass is 19.1. The van der Waals surface area contributed by atoms with E-state index in [-0.39, 0.29) is 11.5 Å². The molecular weight excluding hydrogens is 335 g/mol. The number of fused-ring (bicyclic) bond motifs is 1. The van der Waals surface area contributed by atoms with Crippen molar-refractivity contribution in [3.8, 4) is 0 Å². The Morgan fingerprint density at radius 1 is 1.27 bits per heavy atom. The second kappa shape index (κ2) is 7.63. The summed E-state index contributed by atoms with van der Waals surface area (Å²) in [5.74, 6) is 0.151. The average Bonchev–Trinajstić information content (AvgIpc) is 2.69. The summed E-state index contributed by atoms with van der Waals surface area (Å²) in [6.45, 7) is 3.46. The summed E-state index contributed by atoms with van der Waals surface area (Å²) in [6.07, 6.45) is 7.34. The minimum Gasteiger partial charge on any atom is -0.377 e. The van der Waals surface area contributed by atoms with Crippen molar-refractivity contribution < 1.29 is 13.9 Å². The second-order valence-electron chi connectivity index (χ2n) is 7.05. The fourth-order valence-corrected chi connectivity index (χ4v) is 3.98. The van der Waals surface area contributed by atoms with Gasteiger partial charge in [0.25, 0.3) is 0 Å². The Morgan fingerprint density at radius 2 is 2.15 bits per heavy atom. The molecule has 26 heavy (non-hydrogen) atoms. The summed E-state index contributed by atoms with van der Waals surface area (Å²) in [7, 11) is 0. The Labute approximate surface area is 152 Å². The third-order valence-electron chi connectivity index (χ3n) is 5.24. The number of hydrogen-bond donors (Lipinski definition) is 0. The van der Waals surface area contributed by atoms with Crippen molar-refractivity contribution >= 4 is 5.95 Å². The van der Waals surface area contributed by atoms with Crippen LogP contribution in [0.2, 0.25) is 0 Å². The van der Waals surface area contributed by atoms with E-state index in [4.69, 9.17) is 9.47 Å². The number of piperidine rings is 1. The van der Waals surface area contributed by atoms with E-state index in [1.54, 1.807) is 6.20 Å². The number of pyridine rings is 1. The van der Waals surface area contributed by atoms with Crippen LogP contribution < -0.4 is 4.90 Å². The highest BCUT2D eigenvalue weighted by Gasteiger charge is 2.46. The summed E-state index contributed by atoms with van der Waals surface area (Å²) in [6, 6.07) is 5.83. The molecule has 0 bridgehead atoms. The molecular formula is C19H23FN4O2. The molecule has 0 N–H and O–H groups in total. The van der Waals surface area contributed by atoms with Gasteiger partial charge in [0.15, 0.2) is 5.82 Å². The second-order valence-corrected chi connectivity index (χ2v) is 7.05. The lowest BCUT2D eigenvalue weighted by Crippen LogP contribution is -2.57. The molecule has 0 spiro atoms. The van der Waals surface area contributed by atoms with Gasteiger partial charge in [-0.3, -0.25) is 4.98 Å². The van der Waals surface area contributed by atoms with E-state index in [9.17, 15) is 4.39 Å². The molecule has 2 atom stereocenters. The van der Waals surface area contributed by atoms with Crippen LogP contribution in [0.3, 0.4) is 0 Å². The third-order valence-corrected chi connectivity index (χ3v) is 5.24. The molecule has 0 aromatic carbocycles. The van der Waals surface area contributed by atoms with Gasteiger partial charge in [0.2, 0.25) is 5.95 Å². The zero-order chi connectivity index (χ0) is 17.8. The van der Waals surface area contributed by atoms with E-state index in [0.29, 0.717) is 19.2 Å². The molecule has 0 radical (unpaired) electrons. The van der Waals surface area contributed by atoms with Gasteiger partial charge < -0.3 is 14.4 Å².